The molecule has 446 valence electrons. The van der Waals surface area contributed by atoms with Gasteiger partial charge in [-0.1, -0.05) is 27.7 Å². The van der Waals surface area contributed by atoms with Gasteiger partial charge in [-0.3, -0.25) is 57.6 Å². The molecular formula is C47H79N13O18S. The van der Waals surface area contributed by atoms with Crippen molar-refractivity contribution in [3.63, 3.8) is 0 Å². The minimum atomic E-state index is -1.98. The van der Waals surface area contributed by atoms with Gasteiger partial charge in [-0.15, -0.1) is 11.8 Å². The number of methoxy groups -OCH3 is 1. The van der Waals surface area contributed by atoms with Gasteiger partial charge in [-0.2, -0.15) is 0 Å². The van der Waals surface area contributed by atoms with E-state index in [-0.39, 0.29) is 69.4 Å². The van der Waals surface area contributed by atoms with Gasteiger partial charge in [0, 0.05) is 31.3 Å². The van der Waals surface area contributed by atoms with E-state index in [1.54, 1.807) is 27.7 Å². The van der Waals surface area contributed by atoms with Crippen LogP contribution >= 0.6 is 11.8 Å². The average Bonchev–Trinajstić information content (AvgIpc) is 3.38. The summed E-state index contributed by atoms with van der Waals surface area (Å²) in [4.78, 5) is 157. The molecule has 0 aliphatic carbocycles. The second-order valence-corrected chi connectivity index (χ2v) is 20.7. The first-order chi connectivity index (χ1) is 37.0. The van der Waals surface area contributed by atoms with E-state index in [2.05, 4.69) is 37.2 Å². The van der Waals surface area contributed by atoms with Crippen molar-refractivity contribution >= 4 is 82.8 Å². The maximum Gasteiger partial charge on any atom is 0.352 e. The Morgan fingerprint density at radius 1 is 0.722 bits per heavy atom. The van der Waals surface area contributed by atoms with Gasteiger partial charge in [0.15, 0.2) is 0 Å². The van der Waals surface area contributed by atoms with Gasteiger partial charge in [-0.05, 0) is 70.4 Å². The number of ether oxygens (including phenoxy) is 2. The fraction of sp³-hybridized carbons (Fsp3) is 0.702. The molecule has 0 radical (unpaired) electrons. The van der Waals surface area contributed by atoms with E-state index in [1.165, 1.54) is 6.92 Å². The molecule has 0 bridgehead atoms. The standard InChI is InChI=1S/C47H79N13O18S/c1-21(2)34(57-38(67)26(11-8-14-48)53-40(69)29(18-61)56-37(66)23(5)50)41(70)54-27(12-9-15-49)39(68)58-35(22(3)4)42(71)55-28(16-31(52)63)30(62)17-33(65)78-19-24-20-79-46-47(77-6,45(76)60(46)36(24)44(74)75)59-32(64)13-7-10-25(51)43(72)73/h21-23,25-30,34-35,46,61-62H,7-20,48-51H2,1-6H3,(H2,52,63)(H,53,69)(H,54,70)(H,55,71)(H,56,66)(H,57,67)(H,58,68)(H,59,64)(H,72,73)(H,74,75)/t23-,25+,26-,27-,28?,29-,30?,34-,35-,46+,47-/m0/s1. The SMILES string of the molecule is CO[C@@]1(NC(=O)CCC[C@@H](N)C(=O)O)C(=O)N2C(C(=O)O)=C(COC(=O)CC(O)C(CC(N)=O)NC(=O)[C@@H](NC(=O)[C@H](CCCN)NC(=O)[C@@H](NC(=O)[C@H](CCCN)NC(=O)[C@H](CO)NC(=O)[C@H](C)N)C(C)C)C(C)C)CS[C@@H]21. The first kappa shape index (κ1) is 68.6. The molecule has 1 fully saturated rings. The number of carboxylic acids is 2. The highest BCUT2D eigenvalue weighted by atomic mass is 32.2. The third-order valence-electron chi connectivity index (χ3n) is 12.6. The quantitative estimate of drug-likeness (QED) is 0.0158. The molecule has 0 aromatic carbocycles. The number of nitrogens with two attached hydrogens (primary N) is 5. The van der Waals surface area contributed by atoms with E-state index in [0.29, 0.717) is 0 Å². The number of β-lactam (4-membered cyclic amide) rings is 1. The van der Waals surface area contributed by atoms with Crippen molar-refractivity contribution in [3.05, 3.63) is 11.3 Å². The summed E-state index contributed by atoms with van der Waals surface area (Å²) in [6, 6.07) is -10.7. The zero-order valence-corrected chi connectivity index (χ0v) is 45.9. The van der Waals surface area contributed by atoms with Crippen molar-refractivity contribution < 1.29 is 87.4 Å². The number of amides is 9. The Kier molecular flexibility index (Phi) is 28.2. The van der Waals surface area contributed by atoms with Crippen LogP contribution in [0.3, 0.4) is 0 Å². The number of carbonyl (C=O) groups is 12. The highest BCUT2D eigenvalue weighted by molar-refractivity contribution is 8.00. The lowest BCUT2D eigenvalue weighted by atomic mass is 9.97. The average molecular weight is 1150 g/mol. The van der Waals surface area contributed by atoms with Crippen LogP contribution in [-0.4, -0.2) is 201 Å². The van der Waals surface area contributed by atoms with Crippen molar-refractivity contribution in [1.82, 2.24) is 42.1 Å². The van der Waals surface area contributed by atoms with Crippen LogP contribution in [0.4, 0.5) is 0 Å². The van der Waals surface area contributed by atoms with Gasteiger partial charge in [0.25, 0.3) is 11.6 Å². The van der Waals surface area contributed by atoms with E-state index >= 15 is 0 Å². The number of aliphatic hydroxyl groups excluding tert-OH is 2. The van der Waals surface area contributed by atoms with Crippen molar-refractivity contribution in [2.75, 3.05) is 39.2 Å². The van der Waals surface area contributed by atoms with Crippen LogP contribution in [-0.2, 0) is 67.0 Å². The number of carboxylic acid groups (broad SMARTS) is 2. The Labute approximate surface area is 460 Å². The Bertz CT molecular complexity index is 2260. The van der Waals surface area contributed by atoms with Crippen LogP contribution in [0.2, 0.25) is 0 Å². The smallest absolute Gasteiger partial charge is 0.352 e. The summed E-state index contributed by atoms with van der Waals surface area (Å²) < 4.78 is 10.7. The van der Waals surface area contributed by atoms with Crippen molar-refractivity contribution in [2.24, 2.45) is 40.5 Å². The molecule has 2 heterocycles. The summed E-state index contributed by atoms with van der Waals surface area (Å²) in [6.07, 6.45) is -3.35. The predicted octanol–water partition coefficient (Wildman–Crippen LogP) is -6.51. The number of nitrogens with one attached hydrogen (secondary N) is 7. The lowest BCUT2D eigenvalue weighted by molar-refractivity contribution is -0.192. The largest absolute Gasteiger partial charge is 0.480 e. The van der Waals surface area contributed by atoms with Crippen LogP contribution in [0.5, 0.6) is 0 Å². The van der Waals surface area contributed by atoms with Gasteiger partial charge in [0.1, 0.15) is 53.9 Å². The van der Waals surface area contributed by atoms with Crippen LogP contribution < -0.4 is 65.9 Å². The molecule has 21 N–H and O–H groups in total. The summed E-state index contributed by atoms with van der Waals surface area (Å²) in [5.74, 6) is -13.3. The molecule has 0 saturated carbocycles. The lowest BCUT2D eigenvalue weighted by Gasteiger charge is -2.55. The Morgan fingerprint density at radius 3 is 1.68 bits per heavy atom. The first-order valence-electron chi connectivity index (χ1n) is 25.5. The Hall–Kier alpha value is -6.55. The van der Waals surface area contributed by atoms with Crippen LogP contribution in [0, 0.1) is 11.8 Å². The topological polar surface area (TPSA) is 522 Å². The predicted molar refractivity (Wildman–Crippen MR) is 279 cm³/mol. The molecular weight excluding hydrogens is 1070 g/mol. The number of nitrogens with zero attached hydrogens (tertiary/aromatic N) is 1. The molecule has 79 heavy (non-hydrogen) atoms. The highest BCUT2D eigenvalue weighted by Gasteiger charge is 2.66. The number of aliphatic carboxylic acids is 2. The molecule has 32 heteroatoms. The number of hydrogen-bond acceptors (Lipinski definition) is 21. The zero-order chi connectivity index (χ0) is 60.1. The number of carbonyl (C=O) groups excluding carboxylic acids is 10. The summed E-state index contributed by atoms with van der Waals surface area (Å²) >= 11 is 0.968. The summed E-state index contributed by atoms with van der Waals surface area (Å²) in [6.45, 7) is 6.28. The number of primary amides is 1. The monoisotopic (exact) mass is 1150 g/mol. The first-order valence-corrected chi connectivity index (χ1v) is 26.5. The maximum absolute atomic E-state index is 14.0. The third-order valence-corrected chi connectivity index (χ3v) is 13.9. The number of aliphatic hydroxyl groups is 2. The minimum Gasteiger partial charge on any atom is -0.480 e. The second kappa shape index (κ2) is 32.5. The summed E-state index contributed by atoms with van der Waals surface area (Å²) in [7, 11) is 1.12. The molecule has 0 aromatic rings. The Morgan fingerprint density at radius 2 is 1.23 bits per heavy atom. The second-order valence-electron chi connectivity index (χ2n) is 19.6. The fourth-order valence-electron chi connectivity index (χ4n) is 8.03. The lowest BCUT2D eigenvalue weighted by Crippen LogP contribution is -2.80. The molecule has 2 rings (SSSR count). The number of esters is 1. The molecule has 2 aliphatic heterocycles. The number of fused-ring (bicyclic) bond motifs is 1. The van der Waals surface area contributed by atoms with Gasteiger partial charge < -0.3 is 95.8 Å². The molecule has 9 amide bonds. The fourth-order valence-corrected chi connectivity index (χ4v) is 9.45. The maximum atomic E-state index is 14.0. The molecule has 2 unspecified atom stereocenters. The number of rotatable bonds is 36. The Balaban J connectivity index is 2.22. The van der Waals surface area contributed by atoms with Crippen LogP contribution in [0.15, 0.2) is 11.3 Å². The summed E-state index contributed by atoms with van der Waals surface area (Å²) in [5, 5.41) is 56.4. The zero-order valence-electron chi connectivity index (χ0n) is 45.1. The van der Waals surface area contributed by atoms with E-state index < -0.39 is 180 Å². The number of hydrogen-bond donors (Lipinski definition) is 16. The van der Waals surface area contributed by atoms with Gasteiger partial charge in [0.05, 0.1) is 31.2 Å². The van der Waals surface area contributed by atoms with E-state index in [1.807, 2.05) is 0 Å². The van der Waals surface area contributed by atoms with Crippen molar-refractivity contribution in [2.45, 2.75) is 158 Å². The highest BCUT2D eigenvalue weighted by Crippen LogP contribution is 2.46. The van der Waals surface area contributed by atoms with Crippen molar-refractivity contribution in [1.29, 1.82) is 0 Å². The van der Waals surface area contributed by atoms with E-state index in [9.17, 15) is 72.9 Å². The normalized spacial score (nSPS) is 19.3. The van der Waals surface area contributed by atoms with Gasteiger partial charge >= 0.3 is 17.9 Å². The van der Waals surface area contributed by atoms with E-state index in [4.69, 9.17) is 43.2 Å². The van der Waals surface area contributed by atoms with Gasteiger partial charge in [-0.25, -0.2) is 4.79 Å². The molecule has 31 nitrogen and oxygen atoms in total. The number of thioether (sulfide) groups is 1. The molecule has 0 aromatic heterocycles. The minimum absolute atomic E-state index is 0.0134. The molecule has 2 aliphatic rings. The molecule has 1 saturated heterocycles. The molecule has 11 atom stereocenters. The summed E-state index contributed by atoms with van der Waals surface area (Å²) in [5.41, 5.74) is 25.3. The van der Waals surface area contributed by atoms with E-state index in [0.717, 1.165) is 23.8 Å². The van der Waals surface area contributed by atoms with Crippen LogP contribution in [0.25, 0.3) is 0 Å². The van der Waals surface area contributed by atoms with Crippen molar-refractivity contribution in [3.8, 4) is 0 Å². The molecule has 0 spiro atoms. The third kappa shape index (κ3) is 19.9. The van der Waals surface area contributed by atoms with Gasteiger partial charge in [0.2, 0.25) is 47.3 Å². The van der Waals surface area contributed by atoms with Crippen LogP contribution in [0.1, 0.15) is 92.4 Å².